The van der Waals surface area contributed by atoms with E-state index >= 15 is 0 Å². The van der Waals surface area contributed by atoms with Gasteiger partial charge in [0.1, 0.15) is 0 Å². The van der Waals surface area contributed by atoms with Gasteiger partial charge >= 0.3 is 0 Å². The third-order valence-electron chi connectivity index (χ3n) is 4.88. The third-order valence-corrected chi connectivity index (χ3v) is 4.88. The second kappa shape index (κ2) is 8.05. The van der Waals surface area contributed by atoms with Crippen LogP contribution in [0.3, 0.4) is 0 Å². The normalized spacial score (nSPS) is 16.4. The predicted molar refractivity (Wildman–Crippen MR) is 104 cm³/mol. The fourth-order valence-electron chi connectivity index (χ4n) is 3.37. The lowest BCUT2D eigenvalue weighted by molar-refractivity contribution is -0.138. The highest BCUT2D eigenvalue weighted by molar-refractivity contribution is 6.00. The molecular weight excluding hydrogens is 338 g/mol. The van der Waals surface area contributed by atoms with Gasteiger partial charge in [-0.15, -0.1) is 0 Å². The molecule has 1 fully saturated rings. The fraction of sp³-hybridized carbons (Fsp3) is 0.318. The highest BCUT2D eigenvalue weighted by Gasteiger charge is 2.37. The Labute approximate surface area is 159 Å². The Bertz CT molecular complexity index is 853. The number of rotatable bonds is 5. The standard InChI is InChI=1S/C22H23N3O2/c1-16(2)24(14-18-6-4-3-5-7-18)22(27)19-12-21(26)25(15-19)20-10-8-17(13-23)9-11-20/h3-11,16,19H,12,14-15H2,1-2H3. The molecule has 0 spiro atoms. The Morgan fingerprint density at radius 2 is 1.85 bits per heavy atom. The molecule has 1 atom stereocenters. The van der Waals surface area contributed by atoms with Crippen molar-refractivity contribution in [2.24, 2.45) is 5.92 Å². The van der Waals surface area contributed by atoms with Crippen molar-refractivity contribution < 1.29 is 9.59 Å². The summed E-state index contributed by atoms with van der Waals surface area (Å²) in [5.41, 5.74) is 2.35. The van der Waals surface area contributed by atoms with Crippen LogP contribution in [-0.4, -0.2) is 29.3 Å². The summed E-state index contributed by atoms with van der Waals surface area (Å²) in [6.07, 6.45) is 0.219. The number of nitrogens with zero attached hydrogens (tertiary/aromatic N) is 3. The summed E-state index contributed by atoms with van der Waals surface area (Å²) in [6.45, 7) is 4.91. The molecule has 138 valence electrons. The van der Waals surface area contributed by atoms with Crippen LogP contribution in [0.25, 0.3) is 0 Å². The topological polar surface area (TPSA) is 64.4 Å². The van der Waals surface area contributed by atoms with Crippen LogP contribution in [0.5, 0.6) is 0 Å². The molecule has 5 nitrogen and oxygen atoms in total. The molecule has 0 bridgehead atoms. The lowest BCUT2D eigenvalue weighted by atomic mass is 10.1. The molecular formula is C22H23N3O2. The lowest BCUT2D eigenvalue weighted by Gasteiger charge is -2.29. The van der Waals surface area contributed by atoms with Gasteiger partial charge in [0.05, 0.1) is 17.6 Å². The zero-order chi connectivity index (χ0) is 19.4. The largest absolute Gasteiger partial charge is 0.336 e. The van der Waals surface area contributed by atoms with Crippen molar-refractivity contribution in [2.45, 2.75) is 32.9 Å². The summed E-state index contributed by atoms with van der Waals surface area (Å²) in [5.74, 6) is -0.390. The van der Waals surface area contributed by atoms with E-state index in [2.05, 4.69) is 6.07 Å². The summed E-state index contributed by atoms with van der Waals surface area (Å²) in [4.78, 5) is 29.1. The van der Waals surface area contributed by atoms with E-state index in [1.807, 2.05) is 49.1 Å². The number of carbonyl (C=O) groups is 2. The average Bonchev–Trinajstić information content (AvgIpc) is 3.08. The molecule has 0 aromatic heterocycles. The van der Waals surface area contributed by atoms with Gasteiger partial charge in [-0.3, -0.25) is 9.59 Å². The number of carbonyl (C=O) groups excluding carboxylic acids is 2. The summed E-state index contributed by atoms with van der Waals surface area (Å²) >= 11 is 0. The summed E-state index contributed by atoms with van der Waals surface area (Å²) in [5, 5.41) is 8.91. The van der Waals surface area contributed by atoms with Gasteiger partial charge in [0, 0.05) is 31.2 Å². The lowest BCUT2D eigenvalue weighted by Crippen LogP contribution is -2.41. The first kappa shape index (κ1) is 18.7. The van der Waals surface area contributed by atoms with Crippen molar-refractivity contribution in [3.63, 3.8) is 0 Å². The number of hydrogen-bond acceptors (Lipinski definition) is 3. The molecule has 1 heterocycles. The van der Waals surface area contributed by atoms with Crippen LogP contribution < -0.4 is 4.90 Å². The monoisotopic (exact) mass is 361 g/mol. The van der Waals surface area contributed by atoms with Crippen molar-refractivity contribution in [3.05, 3.63) is 65.7 Å². The number of benzene rings is 2. The minimum Gasteiger partial charge on any atom is -0.336 e. The highest BCUT2D eigenvalue weighted by Crippen LogP contribution is 2.27. The Kier molecular flexibility index (Phi) is 5.56. The molecule has 2 amide bonds. The molecule has 27 heavy (non-hydrogen) atoms. The fourth-order valence-corrected chi connectivity index (χ4v) is 3.37. The Hall–Kier alpha value is -3.13. The molecule has 0 radical (unpaired) electrons. The van der Waals surface area contributed by atoms with Gasteiger partial charge in [0.25, 0.3) is 0 Å². The van der Waals surface area contributed by atoms with E-state index in [0.717, 1.165) is 11.3 Å². The molecule has 1 saturated heterocycles. The number of anilines is 1. The van der Waals surface area contributed by atoms with Gasteiger partial charge < -0.3 is 9.80 Å². The molecule has 0 saturated carbocycles. The van der Waals surface area contributed by atoms with Gasteiger partial charge in [0.15, 0.2) is 0 Å². The number of hydrogen-bond donors (Lipinski definition) is 0. The van der Waals surface area contributed by atoms with Crippen molar-refractivity contribution in [1.29, 1.82) is 5.26 Å². The van der Waals surface area contributed by atoms with E-state index in [-0.39, 0.29) is 30.2 Å². The molecule has 1 unspecified atom stereocenters. The van der Waals surface area contributed by atoms with Crippen LogP contribution in [0, 0.1) is 17.2 Å². The second-order valence-corrected chi connectivity index (χ2v) is 7.11. The van der Waals surface area contributed by atoms with Crippen molar-refractivity contribution in [2.75, 3.05) is 11.4 Å². The first-order valence-electron chi connectivity index (χ1n) is 9.14. The predicted octanol–water partition coefficient (Wildman–Crippen LogP) is 3.35. The third kappa shape index (κ3) is 4.17. The van der Waals surface area contributed by atoms with Crippen LogP contribution in [0.2, 0.25) is 0 Å². The number of amides is 2. The van der Waals surface area contributed by atoms with Crippen molar-refractivity contribution in [3.8, 4) is 6.07 Å². The summed E-state index contributed by atoms with van der Waals surface area (Å²) in [7, 11) is 0. The Balaban J connectivity index is 1.74. The van der Waals surface area contributed by atoms with Gasteiger partial charge in [0.2, 0.25) is 11.8 Å². The highest BCUT2D eigenvalue weighted by atomic mass is 16.2. The minimum absolute atomic E-state index is 0.0124. The maximum Gasteiger partial charge on any atom is 0.228 e. The zero-order valence-electron chi connectivity index (χ0n) is 15.6. The smallest absolute Gasteiger partial charge is 0.228 e. The van der Waals surface area contributed by atoms with Crippen LogP contribution in [-0.2, 0) is 16.1 Å². The van der Waals surface area contributed by atoms with Crippen molar-refractivity contribution in [1.82, 2.24) is 4.90 Å². The SMILES string of the molecule is CC(C)N(Cc1ccccc1)C(=O)C1CC(=O)N(c2ccc(C#N)cc2)C1. The second-order valence-electron chi connectivity index (χ2n) is 7.11. The van der Waals surface area contributed by atoms with Crippen LogP contribution in [0.4, 0.5) is 5.69 Å². The molecule has 0 aliphatic carbocycles. The molecule has 2 aromatic carbocycles. The van der Waals surface area contributed by atoms with E-state index < -0.39 is 0 Å². The van der Waals surface area contributed by atoms with Gasteiger partial charge in [-0.2, -0.15) is 5.26 Å². The van der Waals surface area contributed by atoms with E-state index in [4.69, 9.17) is 5.26 Å². The molecule has 1 aliphatic rings. The minimum atomic E-state index is -0.348. The van der Waals surface area contributed by atoms with Crippen LogP contribution >= 0.6 is 0 Å². The molecule has 2 aromatic rings. The number of nitriles is 1. The summed E-state index contributed by atoms with van der Waals surface area (Å²) in [6, 6.07) is 18.9. The van der Waals surface area contributed by atoms with E-state index in [9.17, 15) is 9.59 Å². The average molecular weight is 361 g/mol. The maximum atomic E-state index is 13.1. The summed E-state index contributed by atoms with van der Waals surface area (Å²) < 4.78 is 0. The van der Waals surface area contributed by atoms with E-state index in [1.165, 1.54) is 0 Å². The van der Waals surface area contributed by atoms with Crippen LogP contribution in [0.1, 0.15) is 31.4 Å². The van der Waals surface area contributed by atoms with E-state index in [0.29, 0.717) is 18.7 Å². The van der Waals surface area contributed by atoms with E-state index in [1.54, 1.807) is 29.2 Å². The first-order valence-corrected chi connectivity index (χ1v) is 9.14. The Morgan fingerprint density at radius 1 is 1.19 bits per heavy atom. The zero-order valence-corrected chi connectivity index (χ0v) is 15.6. The quantitative estimate of drug-likeness (QED) is 0.820. The molecule has 1 aliphatic heterocycles. The van der Waals surface area contributed by atoms with Gasteiger partial charge in [-0.1, -0.05) is 30.3 Å². The van der Waals surface area contributed by atoms with Gasteiger partial charge in [-0.25, -0.2) is 0 Å². The maximum absolute atomic E-state index is 13.1. The molecule has 3 rings (SSSR count). The molecule has 0 N–H and O–H groups in total. The Morgan fingerprint density at radius 3 is 2.44 bits per heavy atom. The van der Waals surface area contributed by atoms with Gasteiger partial charge in [-0.05, 0) is 43.7 Å². The first-order chi connectivity index (χ1) is 13.0. The van der Waals surface area contributed by atoms with Crippen LogP contribution in [0.15, 0.2) is 54.6 Å². The van der Waals surface area contributed by atoms with Crippen molar-refractivity contribution >= 4 is 17.5 Å². The molecule has 5 heteroatoms.